The highest BCUT2D eigenvalue weighted by molar-refractivity contribution is 6.06. The lowest BCUT2D eigenvalue weighted by atomic mass is 10.1. The quantitative estimate of drug-likeness (QED) is 0.447. The average molecular weight is 430 g/mol. The molecule has 4 rings (SSSR count). The zero-order valence-corrected chi connectivity index (χ0v) is 17.7. The Balaban J connectivity index is 1.48. The average Bonchev–Trinajstić information content (AvgIpc) is 3.21. The Morgan fingerprint density at radius 3 is 2.53 bits per heavy atom. The fourth-order valence-electron chi connectivity index (χ4n) is 3.28. The maximum Gasteiger partial charge on any atom is 0.338 e. The van der Waals surface area contributed by atoms with Crippen LogP contribution in [0.5, 0.6) is 5.75 Å². The number of nitrogens with one attached hydrogen (secondary N) is 1. The first-order valence-electron chi connectivity index (χ1n) is 10.1. The molecule has 1 aromatic heterocycles. The summed E-state index contributed by atoms with van der Waals surface area (Å²) in [5.74, 6) is 0.104. The van der Waals surface area contributed by atoms with Crippen LogP contribution in [0.4, 0.5) is 5.69 Å². The Bertz CT molecular complexity index is 1260. The Kier molecular flexibility index (Phi) is 6.12. The highest BCUT2D eigenvalue weighted by Gasteiger charge is 2.12. The van der Waals surface area contributed by atoms with Gasteiger partial charge in [-0.2, -0.15) is 0 Å². The molecule has 8 nitrogen and oxygen atoms in total. The number of carbonyl (C=O) groups is 2. The molecule has 1 N–H and O–H groups in total. The van der Waals surface area contributed by atoms with Gasteiger partial charge in [-0.1, -0.05) is 17.3 Å². The van der Waals surface area contributed by atoms with Crippen molar-refractivity contribution in [1.29, 1.82) is 0 Å². The van der Waals surface area contributed by atoms with E-state index in [1.165, 1.54) is 0 Å². The minimum Gasteiger partial charge on any atom is -0.497 e. The molecule has 162 valence electrons. The summed E-state index contributed by atoms with van der Waals surface area (Å²) in [6.07, 6.45) is 0. The number of hydrogen-bond donors (Lipinski definition) is 1. The minimum absolute atomic E-state index is 0.280. The normalized spacial score (nSPS) is 10.7. The van der Waals surface area contributed by atoms with Crippen molar-refractivity contribution in [3.63, 3.8) is 0 Å². The molecule has 4 aromatic rings. The van der Waals surface area contributed by atoms with Crippen molar-refractivity contribution in [3.8, 4) is 5.75 Å². The lowest BCUT2D eigenvalue weighted by molar-refractivity contribution is 0.0526. The largest absolute Gasteiger partial charge is 0.497 e. The van der Waals surface area contributed by atoms with Gasteiger partial charge in [0.15, 0.2) is 0 Å². The van der Waals surface area contributed by atoms with Gasteiger partial charge in [-0.25, -0.2) is 9.48 Å². The van der Waals surface area contributed by atoms with Crippen LogP contribution in [0.25, 0.3) is 11.0 Å². The van der Waals surface area contributed by atoms with Crippen LogP contribution in [0, 0.1) is 0 Å². The summed E-state index contributed by atoms with van der Waals surface area (Å²) in [5, 5.41) is 11.2. The van der Waals surface area contributed by atoms with E-state index in [0.717, 1.165) is 16.8 Å². The number of nitrogens with zero attached hydrogens (tertiary/aromatic N) is 3. The van der Waals surface area contributed by atoms with Crippen LogP contribution in [0.15, 0.2) is 66.7 Å². The maximum atomic E-state index is 12.7. The molecule has 1 amide bonds. The van der Waals surface area contributed by atoms with Gasteiger partial charge in [0.2, 0.25) is 0 Å². The smallest absolute Gasteiger partial charge is 0.338 e. The summed E-state index contributed by atoms with van der Waals surface area (Å²) in [7, 11) is 1.63. The number of methoxy groups -OCH3 is 1. The van der Waals surface area contributed by atoms with Crippen LogP contribution >= 0.6 is 0 Å². The molecule has 0 bridgehead atoms. The Labute approximate surface area is 184 Å². The van der Waals surface area contributed by atoms with E-state index in [1.54, 1.807) is 55.1 Å². The minimum atomic E-state index is -0.395. The molecule has 0 atom stereocenters. The van der Waals surface area contributed by atoms with Crippen molar-refractivity contribution in [1.82, 2.24) is 15.0 Å². The second-order valence-electron chi connectivity index (χ2n) is 7.05. The van der Waals surface area contributed by atoms with Gasteiger partial charge in [0.25, 0.3) is 5.91 Å². The first-order valence-corrected chi connectivity index (χ1v) is 10.1. The van der Waals surface area contributed by atoms with E-state index in [2.05, 4.69) is 15.6 Å². The first-order chi connectivity index (χ1) is 15.6. The van der Waals surface area contributed by atoms with Crippen molar-refractivity contribution >= 4 is 28.6 Å². The molecule has 0 aliphatic rings. The number of benzene rings is 3. The number of anilines is 1. The molecule has 0 radical (unpaired) electrons. The third-order valence-corrected chi connectivity index (χ3v) is 4.90. The summed E-state index contributed by atoms with van der Waals surface area (Å²) in [6, 6.07) is 19.6. The topological polar surface area (TPSA) is 95.3 Å². The fourth-order valence-corrected chi connectivity index (χ4v) is 3.28. The molecule has 3 aromatic carbocycles. The maximum absolute atomic E-state index is 12.7. The Morgan fingerprint density at radius 1 is 1.00 bits per heavy atom. The van der Waals surface area contributed by atoms with Gasteiger partial charge < -0.3 is 14.8 Å². The highest BCUT2D eigenvalue weighted by Crippen LogP contribution is 2.19. The van der Waals surface area contributed by atoms with E-state index in [4.69, 9.17) is 9.47 Å². The van der Waals surface area contributed by atoms with E-state index >= 15 is 0 Å². The molecule has 8 heteroatoms. The molecule has 0 spiro atoms. The first kappa shape index (κ1) is 21.0. The predicted octanol–water partition coefficient (Wildman–Crippen LogP) is 3.92. The van der Waals surface area contributed by atoms with Gasteiger partial charge in [-0.15, -0.1) is 5.10 Å². The zero-order chi connectivity index (χ0) is 22.5. The summed E-state index contributed by atoms with van der Waals surface area (Å²) >= 11 is 0. The van der Waals surface area contributed by atoms with Crippen LogP contribution in [0.2, 0.25) is 0 Å². The second kappa shape index (κ2) is 9.30. The highest BCUT2D eigenvalue weighted by atomic mass is 16.5. The van der Waals surface area contributed by atoms with Gasteiger partial charge >= 0.3 is 5.97 Å². The van der Waals surface area contributed by atoms with Gasteiger partial charge in [0.05, 0.1) is 31.3 Å². The summed E-state index contributed by atoms with van der Waals surface area (Å²) in [6.45, 7) is 2.59. The molecule has 0 unspecified atom stereocenters. The Hall–Kier alpha value is -4.20. The molecule has 0 aliphatic heterocycles. The molecule has 0 saturated heterocycles. The lowest BCUT2D eigenvalue weighted by Gasteiger charge is -2.07. The predicted molar refractivity (Wildman–Crippen MR) is 120 cm³/mol. The molecule has 0 saturated carbocycles. The molecule has 0 aliphatic carbocycles. The number of ether oxygens (including phenoxy) is 2. The zero-order valence-electron chi connectivity index (χ0n) is 17.7. The van der Waals surface area contributed by atoms with Crippen molar-refractivity contribution in [3.05, 3.63) is 83.4 Å². The lowest BCUT2D eigenvalue weighted by Crippen LogP contribution is -2.12. The number of hydrogen-bond acceptors (Lipinski definition) is 6. The van der Waals surface area contributed by atoms with Gasteiger partial charge in [-0.3, -0.25) is 4.79 Å². The van der Waals surface area contributed by atoms with Gasteiger partial charge in [-0.05, 0) is 67.1 Å². The van der Waals surface area contributed by atoms with Crippen LogP contribution in [0.3, 0.4) is 0 Å². The van der Waals surface area contributed by atoms with Crippen LogP contribution in [0.1, 0.15) is 33.2 Å². The van der Waals surface area contributed by atoms with Gasteiger partial charge in [0.1, 0.15) is 11.3 Å². The number of fused-ring (bicyclic) bond motifs is 1. The van der Waals surface area contributed by atoms with Crippen molar-refractivity contribution in [2.45, 2.75) is 13.5 Å². The van der Waals surface area contributed by atoms with Crippen LogP contribution < -0.4 is 10.1 Å². The monoisotopic (exact) mass is 430 g/mol. The van der Waals surface area contributed by atoms with E-state index in [1.807, 2.05) is 30.3 Å². The number of rotatable bonds is 7. The molecule has 1 heterocycles. The van der Waals surface area contributed by atoms with E-state index in [9.17, 15) is 9.59 Å². The third kappa shape index (κ3) is 4.59. The SMILES string of the molecule is CCOC(=O)c1ccc(NC(=O)c2ccc3c(c2)nnn3Cc2cccc(OC)c2)cc1. The summed E-state index contributed by atoms with van der Waals surface area (Å²) in [4.78, 5) is 24.4. The second-order valence-corrected chi connectivity index (χ2v) is 7.05. The van der Waals surface area contributed by atoms with Crippen molar-refractivity contribution in [2.24, 2.45) is 0 Å². The van der Waals surface area contributed by atoms with E-state index in [-0.39, 0.29) is 5.91 Å². The summed E-state index contributed by atoms with van der Waals surface area (Å²) < 4.78 is 12.0. The fraction of sp³-hybridized carbons (Fsp3) is 0.167. The van der Waals surface area contributed by atoms with E-state index < -0.39 is 5.97 Å². The number of esters is 1. The van der Waals surface area contributed by atoms with E-state index in [0.29, 0.717) is 35.5 Å². The third-order valence-electron chi connectivity index (χ3n) is 4.90. The van der Waals surface area contributed by atoms with Gasteiger partial charge in [0, 0.05) is 11.3 Å². The Morgan fingerprint density at radius 2 is 1.78 bits per heavy atom. The number of amides is 1. The van der Waals surface area contributed by atoms with Crippen LogP contribution in [-0.2, 0) is 11.3 Å². The molecular formula is C24H22N4O4. The number of carbonyl (C=O) groups excluding carboxylic acids is 2. The van der Waals surface area contributed by atoms with Crippen LogP contribution in [-0.4, -0.2) is 40.6 Å². The molecular weight excluding hydrogens is 408 g/mol. The van der Waals surface area contributed by atoms with Crippen molar-refractivity contribution < 1.29 is 19.1 Å². The van der Waals surface area contributed by atoms with Crippen molar-refractivity contribution in [2.75, 3.05) is 19.0 Å². The molecule has 32 heavy (non-hydrogen) atoms. The number of aromatic nitrogens is 3. The standard InChI is InChI=1S/C24H22N4O4/c1-3-32-24(30)17-7-10-19(11-8-17)25-23(29)18-9-12-22-21(14-18)26-27-28(22)15-16-5-4-6-20(13-16)31-2/h4-14H,3,15H2,1-2H3,(H,25,29). The molecule has 0 fully saturated rings. The summed E-state index contributed by atoms with van der Waals surface area (Å²) in [5.41, 5.74) is 3.94.